The Bertz CT molecular complexity index is 287. The molecule has 12 heavy (non-hydrogen) atoms. The van der Waals surface area contributed by atoms with Crippen LogP contribution in [0.1, 0.15) is 15.9 Å². The summed E-state index contributed by atoms with van der Waals surface area (Å²) in [7, 11) is 0. The first-order valence-corrected chi connectivity index (χ1v) is 3.73. The van der Waals surface area contributed by atoms with Crippen LogP contribution in [0.2, 0.25) is 0 Å². The third-order valence-electron chi connectivity index (χ3n) is 1.62. The Morgan fingerprint density at radius 2 is 2.00 bits per heavy atom. The van der Waals surface area contributed by atoms with Crippen LogP contribution in [-0.2, 0) is 6.42 Å². The predicted octanol–water partition coefficient (Wildman–Crippen LogP) is 1.51. The largest absolute Gasteiger partial charge is 0.366 e. The van der Waals surface area contributed by atoms with Gasteiger partial charge in [0.1, 0.15) is 0 Å². The molecule has 0 saturated carbocycles. The average molecular weight is 161 g/mol. The number of benzene rings is 1. The number of nitrogens with two attached hydrogens (primary N) is 1. The van der Waals surface area contributed by atoms with E-state index < -0.39 is 0 Å². The minimum absolute atomic E-state index is 0.389. The van der Waals surface area contributed by atoms with Gasteiger partial charge in [-0.1, -0.05) is 18.2 Å². The van der Waals surface area contributed by atoms with Gasteiger partial charge in [-0.05, 0) is 24.1 Å². The normalized spacial score (nSPS) is 9.33. The van der Waals surface area contributed by atoms with Gasteiger partial charge in [0.25, 0.3) is 0 Å². The second-order valence-electron chi connectivity index (χ2n) is 2.55. The first kappa shape index (κ1) is 8.53. The van der Waals surface area contributed by atoms with E-state index in [2.05, 4.69) is 6.58 Å². The van der Waals surface area contributed by atoms with Gasteiger partial charge in [0.15, 0.2) is 0 Å². The van der Waals surface area contributed by atoms with Gasteiger partial charge < -0.3 is 5.73 Å². The van der Waals surface area contributed by atoms with E-state index in [1.807, 2.05) is 18.2 Å². The maximum atomic E-state index is 10.7. The van der Waals surface area contributed by atoms with E-state index in [-0.39, 0.29) is 5.91 Å². The summed E-state index contributed by atoms with van der Waals surface area (Å²) in [5.74, 6) is -0.389. The third kappa shape index (κ3) is 1.95. The van der Waals surface area contributed by atoms with Crippen LogP contribution in [0.25, 0.3) is 0 Å². The molecule has 0 unspecified atom stereocenters. The number of allylic oxidation sites excluding steroid dienone is 1. The van der Waals surface area contributed by atoms with Crippen molar-refractivity contribution < 1.29 is 4.79 Å². The molecule has 62 valence electrons. The first-order valence-electron chi connectivity index (χ1n) is 3.73. The number of hydrogen-bond acceptors (Lipinski definition) is 1. The third-order valence-corrected chi connectivity index (χ3v) is 1.62. The number of primary amides is 1. The SMILES string of the molecule is C=CCc1ccc(C(N)=O)cc1. The molecule has 2 heteroatoms. The zero-order valence-electron chi connectivity index (χ0n) is 6.79. The van der Waals surface area contributed by atoms with Crippen LogP contribution in [0.4, 0.5) is 0 Å². The van der Waals surface area contributed by atoms with Crippen molar-refractivity contribution in [2.75, 3.05) is 0 Å². The van der Waals surface area contributed by atoms with Crippen LogP contribution in [0, 0.1) is 0 Å². The number of rotatable bonds is 3. The molecular weight excluding hydrogens is 150 g/mol. The highest BCUT2D eigenvalue weighted by atomic mass is 16.1. The van der Waals surface area contributed by atoms with Crippen molar-refractivity contribution in [1.29, 1.82) is 0 Å². The predicted molar refractivity (Wildman–Crippen MR) is 48.9 cm³/mol. The molecule has 1 aromatic rings. The molecule has 0 heterocycles. The molecule has 1 amide bonds. The monoisotopic (exact) mass is 161 g/mol. The van der Waals surface area contributed by atoms with Gasteiger partial charge in [-0.2, -0.15) is 0 Å². The highest BCUT2D eigenvalue weighted by Crippen LogP contribution is 2.04. The first-order chi connectivity index (χ1) is 5.74. The van der Waals surface area contributed by atoms with E-state index in [1.54, 1.807) is 12.1 Å². The lowest BCUT2D eigenvalue weighted by Crippen LogP contribution is -2.10. The molecule has 1 aromatic carbocycles. The number of carbonyl (C=O) groups is 1. The maximum Gasteiger partial charge on any atom is 0.248 e. The maximum absolute atomic E-state index is 10.7. The van der Waals surface area contributed by atoms with E-state index in [4.69, 9.17) is 5.73 Å². The van der Waals surface area contributed by atoms with Crippen LogP contribution < -0.4 is 5.73 Å². The van der Waals surface area contributed by atoms with Gasteiger partial charge in [0.05, 0.1) is 0 Å². The lowest BCUT2D eigenvalue weighted by atomic mass is 10.1. The van der Waals surface area contributed by atoms with Crippen molar-refractivity contribution in [3.05, 3.63) is 48.0 Å². The van der Waals surface area contributed by atoms with Crippen LogP contribution in [0.3, 0.4) is 0 Å². The lowest BCUT2D eigenvalue weighted by molar-refractivity contribution is 0.100. The Balaban J connectivity index is 2.85. The fourth-order valence-electron chi connectivity index (χ4n) is 0.972. The van der Waals surface area contributed by atoms with Gasteiger partial charge in [-0.15, -0.1) is 6.58 Å². The summed E-state index contributed by atoms with van der Waals surface area (Å²) in [5.41, 5.74) is 6.76. The topological polar surface area (TPSA) is 43.1 Å². The summed E-state index contributed by atoms with van der Waals surface area (Å²) in [6.07, 6.45) is 2.64. The molecule has 0 radical (unpaired) electrons. The Morgan fingerprint density at radius 1 is 1.42 bits per heavy atom. The highest BCUT2D eigenvalue weighted by Gasteiger charge is 1.97. The standard InChI is InChI=1S/C10H11NO/c1-2-3-8-4-6-9(7-5-8)10(11)12/h2,4-7H,1,3H2,(H2,11,12). The zero-order valence-corrected chi connectivity index (χ0v) is 6.79. The molecule has 1 rings (SSSR count). The fraction of sp³-hybridized carbons (Fsp3) is 0.100. The Hall–Kier alpha value is -1.57. The number of amides is 1. The fourth-order valence-corrected chi connectivity index (χ4v) is 0.972. The summed E-state index contributed by atoms with van der Waals surface area (Å²) >= 11 is 0. The molecule has 0 spiro atoms. The van der Waals surface area contributed by atoms with Gasteiger partial charge in [-0.3, -0.25) is 4.79 Å². The van der Waals surface area contributed by atoms with Crippen LogP contribution in [0.15, 0.2) is 36.9 Å². The molecule has 0 aliphatic heterocycles. The summed E-state index contributed by atoms with van der Waals surface area (Å²) < 4.78 is 0. The van der Waals surface area contributed by atoms with Crippen molar-refractivity contribution in [3.63, 3.8) is 0 Å². The lowest BCUT2D eigenvalue weighted by Gasteiger charge is -1.97. The van der Waals surface area contributed by atoms with E-state index in [0.717, 1.165) is 12.0 Å². The van der Waals surface area contributed by atoms with E-state index in [1.165, 1.54) is 0 Å². The molecule has 2 N–H and O–H groups in total. The highest BCUT2D eigenvalue weighted by molar-refractivity contribution is 5.92. The Morgan fingerprint density at radius 3 is 2.42 bits per heavy atom. The minimum Gasteiger partial charge on any atom is -0.366 e. The molecule has 0 bridgehead atoms. The van der Waals surface area contributed by atoms with E-state index in [9.17, 15) is 4.79 Å². The van der Waals surface area contributed by atoms with Crippen molar-refractivity contribution in [3.8, 4) is 0 Å². The molecule has 0 fully saturated rings. The summed E-state index contributed by atoms with van der Waals surface area (Å²) in [4.78, 5) is 10.7. The molecule has 0 saturated heterocycles. The molecule has 2 nitrogen and oxygen atoms in total. The summed E-state index contributed by atoms with van der Waals surface area (Å²) in [6.45, 7) is 3.62. The molecule has 0 aromatic heterocycles. The Kier molecular flexibility index (Phi) is 2.64. The summed E-state index contributed by atoms with van der Waals surface area (Å²) in [6, 6.07) is 7.20. The minimum atomic E-state index is -0.389. The van der Waals surface area contributed by atoms with Gasteiger partial charge in [-0.25, -0.2) is 0 Å². The molecule has 0 aliphatic rings. The van der Waals surface area contributed by atoms with Crippen molar-refractivity contribution >= 4 is 5.91 Å². The van der Waals surface area contributed by atoms with Crippen LogP contribution in [-0.4, -0.2) is 5.91 Å². The van der Waals surface area contributed by atoms with Crippen molar-refractivity contribution in [1.82, 2.24) is 0 Å². The summed E-state index contributed by atoms with van der Waals surface area (Å²) in [5, 5.41) is 0. The average Bonchev–Trinajstić information content (AvgIpc) is 2.06. The Labute approximate surface area is 71.7 Å². The van der Waals surface area contributed by atoms with E-state index in [0.29, 0.717) is 5.56 Å². The van der Waals surface area contributed by atoms with Gasteiger partial charge in [0.2, 0.25) is 5.91 Å². The van der Waals surface area contributed by atoms with Crippen LogP contribution >= 0.6 is 0 Å². The quantitative estimate of drug-likeness (QED) is 0.671. The second-order valence-corrected chi connectivity index (χ2v) is 2.55. The van der Waals surface area contributed by atoms with Crippen LogP contribution in [0.5, 0.6) is 0 Å². The number of carbonyl (C=O) groups excluding carboxylic acids is 1. The molecular formula is C10H11NO. The van der Waals surface area contributed by atoms with Crippen molar-refractivity contribution in [2.24, 2.45) is 5.73 Å². The molecule has 0 atom stereocenters. The van der Waals surface area contributed by atoms with E-state index >= 15 is 0 Å². The van der Waals surface area contributed by atoms with Gasteiger partial charge in [0, 0.05) is 5.56 Å². The van der Waals surface area contributed by atoms with Crippen molar-refractivity contribution in [2.45, 2.75) is 6.42 Å². The second kappa shape index (κ2) is 3.72. The number of hydrogen-bond donors (Lipinski definition) is 1. The van der Waals surface area contributed by atoms with Gasteiger partial charge >= 0.3 is 0 Å². The zero-order chi connectivity index (χ0) is 8.97. The smallest absolute Gasteiger partial charge is 0.248 e. The molecule has 0 aliphatic carbocycles.